The number of aliphatic carboxylic acids is 2. The lowest BCUT2D eigenvalue weighted by atomic mass is 9.81. The standard InChI is InChI=1S/2C12H18O5/c2*1-16-10(13)6-9(11(14)15)8-2-5-17-12(7-8)3-4-12/h2*8-9H,2-7H2,1H3,(H,14,15)/t8-,9+;8-,9-/m10/s1. The van der Waals surface area contributed by atoms with Gasteiger partial charge in [-0.1, -0.05) is 0 Å². The lowest BCUT2D eigenvalue weighted by Gasteiger charge is -2.32. The van der Waals surface area contributed by atoms with Gasteiger partial charge in [-0.2, -0.15) is 0 Å². The minimum absolute atomic E-state index is 0.0304. The van der Waals surface area contributed by atoms with Gasteiger partial charge in [0, 0.05) is 13.2 Å². The van der Waals surface area contributed by atoms with Crippen LogP contribution in [0, 0.1) is 23.7 Å². The first kappa shape index (κ1) is 26.4. The van der Waals surface area contributed by atoms with E-state index in [-0.39, 0.29) is 35.9 Å². The van der Waals surface area contributed by atoms with Crippen LogP contribution in [0.4, 0.5) is 0 Å². The van der Waals surface area contributed by atoms with E-state index in [2.05, 4.69) is 9.47 Å². The molecule has 0 aromatic rings. The number of carboxylic acid groups (broad SMARTS) is 2. The molecule has 10 heteroatoms. The lowest BCUT2D eigenvalue weighted by molar-refractivity contribution is -0.154. The van der Waals surface area contributed by atoms with E-state index < -0.39 is 35.7 Å². The fourth-order valence-electron chi connectivity index (χ4n) is 5.23. The van der Waals surface area contributed by atoms with Gasteiger partial charge < -0.3 is 29.2 Å². The van der Waals surface area contributed by atoms with Gasteiger partial charge in [0.15, 0.2) is 0 Å². The van der Waals surface area contributed by atoms with Crippen LogP contribution < -0.4 is 0 Å². The first-order valence-corrected chi connectivity index (χ1v) is 12.0. The molecule has 10 nitrogen and oxygen atoms in total. The van der Waals surface area contributed by atoms with Crippen molar-refractivity contribution in [2.75, 3.05) is 27.4 Å². The minimum Gasteiger partial charge on any atom is -0.481 e. The van der Waals surface area contributed by atoms with E-state index in [0.29, 0.717) is 13.2 Å². The zero-order valence-electron chi connectivity index (χ0n) is 20.0. The largest absolute Gasteiger partial charge is 0.481 e. The molecule has 192 valence electrons. The zero-order chi connectivity index (χ0) is 24.9. The fourth-order valence-corrected chi connectivity index (χ4v) is 5.23. The maximum Gasteiger partial charge on any atom is 0.307 e. The number of carboxylic acids is 2. The van der Waals surface area contributed by atoms with Crippen molar-refractivity contribution in [2.24, 2.45) is 23.7 Å². The van der Waals surface area contributed by atoms with Crippen LogP contribution in [0.1, 0.15) is 64.2 Å². The van der Waals surface area contributed by atoms with Crippen LogP contribution >= 0.6 is 0 Å². The predicted octanol–water partition coefficient (Wildman–Crippen LogP) is 2.42. The highest BCUT2D eigenvalue weighted by atomic mass is 16.5. The van der Waals surface area contributed by atoms with Crippen molar-refractivity contribution in [1.82, 2.24) is 0 Å². The second-order valence-electron chi connectivity index (χ2n) is 10.0. The molecule has 0 aromatic heterocycles. The number of hydrogen-bond donors (Lipinski definition) is 2. The highest BCUT2D eigenvalue weighted by molar-refractivity contribution is 5.79. The third-order valence-electron chi connectivity index (χ3n) is 7.68. The van der Waals surface area contributed by atoms with Crippen molar-refractivity contribution in [3.05, 3.63) is 0 Å². The molecule has 4 aliphatic rings. The molecule has 2 heterocycles. The summed E-state index contributed by atoms with van der Waals surface area (Å²) in [6.45, 7) is 1.21. The van der Waals surface area contributed by atoms with Gasteiger partial charge in [0.25, 0.3) is 0 Å². The first-order chi connectivity index (χ1) is 16.1. The molecule has 0 unspecified atom stereocenters. The summed E-state index contributed by atoms with van der Waals surface area (Å²) in [5.41, 5.74) is -0.126. The van der Waals surface area contributed by atoms with Crippen molar-refractivity contribution in [1.29, 1.82) is 0 Å². The van der Waals surface area contributed by atoms with Crippen molar-refractivity contribution in [3.63, 3.8) is 0 Å². The van der Waals surface area contributed by atoms with E-state index >= 15 is 0 Å². The third-order valence-corrected chi connectivity index (χ3v) is 7.68. The second kappa shape index (κ2) is 11.0. The Morgan fingerprint density at radius 3 is 1.38 bits per heavy atom. The summed E-state index contributed by atoms with van der Waals surface area (Å²) in [5.74, 6) is -3.92. The van der Waals surface area contributed by atoms with E-state index in [1.807, 2.05) is 0 Å². The summed E-state index contributed by atoms with van der Waals surface area (Å²) in [7, 11) is 2.57. The summed E-state index contributed by atoms with van der Waals surface area (Å²) >= 11 is 0. The molecule has 2 aliphatic carbocycles. The molecule has 0 amide bonds. The topological polar surface area (TPSA) is 146 Å². The molecule has 0 bridgehead atoms. The van der Waals surface area contributed by atoms with Crippen LogP contribution in [0.5, 0.6) is 0 Å². The molecule has 4 atom stereocenters. The van der Waals surface area contributed by atoms with Crippen LogP contribution in [-0.2, 0) is 38.1 Å². The highest BCUT2D eigenvalue weighted by Crippen LogP contribution is 2.50. The van der Waals surface area contributed by atoms with E-state index in [0.717, 1.165) is 51.4 Å². The van der Waals surface area contributed by atoms with Crippen LogP contribution in [-0.4, -0.2) is 72.7 Å². The van der Waals surface area contributed by atoms with Crippen molar-refractivity contribution >= 4 is 23.9 Å². The Morgan fingerprint density at radius 2 is 1.12 bits per heavy atom. The van der Waals surface area contributed by atoms with Gasteiger partial charge in [-0.15, -0.1) is 0 Å². The number of methoxy groups -OCH3 is 2. The van der Waals surface area contributed by atoms with Gasteiger partial charge >= 0.3 is 23.9 Å². The summed E-state index contributed by atoms with van der Waals surface area (Å²) < 4.78 is 20.4. The molecular formula is C24H36O10. The molecule has 4 fully saturated rings. The quantitative estimate of drug-likeness (QED) is 0.492. The van der Waals surface area contributed by atoms with E-state index in [1.54, 1.807) is 0 Å². The molecule has 0 aromatic carbocycles. The average molecular weight is 485 g/mol. The Kier molecular flexibility index (Phi) is 8.57. The SMILES string of the molecule is COC(=O)C[C@H](C(=O)O)[C@@H]1CCOC2(CC2)C1.COC(=O)C[C@H](C(=O)O)[C@H]1CCOC2(CC2)C1. The van der Waals surface area contributed by atoms with E-state index in [4.69, 9.17) is 9.47 Å². The van der Waals surface area contributed by atoms with Gasteiger partial charge in [0.05, 0.1) is 50.1 Å². The molecule has 4 rings (SSSR count). The van der Waals surface area contributed by atoms with Crippen LogP contribution in [0.15, 0.2) is 0 Å². The number of ether oxygens (including phenoxy) is 4. The van der Waals surface area contributed by atoms with Crippen molar-refractivity contribution < 1.29 is 48.3 Å². The maximum absolute atomic E-state index is 11.2. The third kappa shape index (κ3) is 6.91. The molecule has 0 radical (unpaired) electrons. The normalized spacial score (nSPS) is 27.5. The Labute approximate surface area is 199 Å². The Morgan fingerprint density at radius 1 is 0.765 bits per heavy atom. The van der Waals surface area contributed by atoms with Crippen molar-refractivity contribution in [2.45, 2.75) is 75.4 Å². The number of carbonyl (C=O) groups excluding carboxylic acids is 2. The summed E-state index contributed by atoms with van der Waals surface area (Å²) in [5, 5.41) is 18.4. The molecule has 2 aliphatic heterocycles. The van der Waals surface area contributed by atoms with Gasteiger partial charge in [0.2, 0.25) is 0 Å². The fraction of sp³-hybridized carbons (Fsp3) is 0.833. The monoisotopic (exact) mass is 484 g/mol. The van der Waals surface area contributed by atoms with Crippen LogP contribution in [0.25, 0.3) is 0 Å². The van der Waals surface area contributed by atoms with E-state index in [1.165, 1.54) is 14.2 Å². The molecular weight excluding hydrogens is 448 g/mol. The molecule has 34 heavy (non-hydrogen) atoms. The van der Waals surface area contributed by atoms with Gasteiger partial charge in [-0.05, 0) is 63.2 Å². The maximum atomic E-state index is 11.2. The van der Waals surface area contributed by atoms with Gasteiger partial charge in [-0.3, -0.25) is 19.2 Å². The molecule has 2 saturated heterocycles. The Bertz CT molecular complexity index is 706. The predicted molar refractivity (Wildman–Crippen MR) is 117 cm³/mol. The number of rotatable bonds is 8. The molecule has 2 saturated carbocycles. The Balaban J connectivity index is 0.000000191. The molecule has 2 spiro atoms. The van der Waals surface area contributed by atoms with Crippen molar-refractivity contribution in [3.8, 4) is 0 Å². The average Bonchev–Trinajstić information content (AvgIpc) is 3.74. The number of esters is 2. The number of carbonyl (C=O) groups is 4. The lowest BCUT2D eigenvalue weighted by Crippen LogP contribution is -2.35. The second-order valence-corrected chi connectivity index (χ2v) is 10.0. The summed E-state index contributed by atoms with van der Waals surface area (Å²) in [6.07, 6.45) is 6.98. The Hall–Kier alpha value is -2.20. The minimum atomic E-state index is -0.905. The zero-order valence-corrected chi connectivity index (χ0v) is 20.0. The van der Waals surface area contributed by atoms with Crippen LogP contribution in [0.2, 0.25) is 0 Å². The molecule has 2 N–H and O–H groups in total. The summed E-state index contributed by atoms with van der Waals surface area (Å²) in [6, 6.07) is 0. The van der Waals surface area contributed by atoms with Gasteiger partial charge in [-0.25, -0.2) is 0 Å². The first-order valence-electron chi connectivity index (χ1n) is 12.0. The highest BCUT2D eigenvalue weighted by Gasteiger charge is 2.51. The van der Waals surface area contributed by atoms with Crippen LogP contribution in [0.3, 0.4) is 0 Å². The summed E-state index contributed by atoms with van der Waals surface area (Å²) in [4.78, 5) is 44.9. The van der Waals surface area contributed by atoms with E-state index in [9.17, 15) is 29.4 Å². The van der Waals surface area contributed by atoms with Gasteiger partial charge in [0.1, 0.15) is 0 Å². The smallest absolute Gasteiger partial charge is 0.307 e. The number of hydrogen-bond acceptors (Lipinski definition) is 8.